The summed E-state index contributed by atoms with van der Waals surface area (Å²) in [6.07, 6.45) is 3.85. The molecule has 1 saturated heterocycles. The Morgan fingerprint density at radius 1 is 1.58 bits per heavy atom. The van der Waals surface area contributed by atoms with Gasteiger partial charge in [0.2, 0.25) is 0 Å². The molecule has 1 unspecified atom stereocenters. The van der Waals surface area contributed by atoms with Gasteiger partial charge in [-0.2, -0.15) is 11.8 Å². The molecule has 1 aliphatic rings. The summed E-state index contributed by atoms with van der Waals surface area (Å²) < 4.78 is 0. The molecular formula is C8H15NO2S. The van der Waals surface area contributed by atoms with Gasteiger partial charge < -0.3 is 10.4 Å². The van der Waals surface area contributed by atoms with Crippen molar-refractivity contribution in [3.05, 3.63) is 0 Å². The minimum atomic E-state index is -0.768. The molecule has 12 heavy (non-hydrogen) atoms. The van der Waals surface area contributed by atoms with Crippen LogP contribution < -0.4 is 5.32 Å². The van der Waals surface area contributed by atoms with Crippen molar-refractivity contribution in [2.24, 2.45) is 0 Å². The Hall–Kier alpha value is -0.220. The summed E-state index contributed by atoms with van der Waals surface area (Å²) in [7, 11) is 0. The van der Waals surface area contributed by atoms with E-state index in [0.29, 0.717) is 5.25 Å². The Morgan fingerprint density at radius 2 is 2.42 bits per heavy atom. The lowest BCUT2D eigenvalue weighted by Gasteiger charge is -2.20. The summed E-state index contributed by atoms with van der Waals surface area (Å²) in [5, 5.41) is 11.9. The molecule has 0 spiro atoms. The highest BCUT2D eigenvalue weighted by molar-refractivity contribution is 7.99. The lowest BCUT2D eigenvalue weighted by Crippen LogP contribution is -2.30. The van der Waals surface area contributed by atoms with E-state index in [0.717, 1.165) is 6.54 Å². The van der Waals surface area contributed by atoms with E-state index in [2.05, 4.69) is 5.32 Å². The van der Waals surface area contributed by atoms with Crippen LogP contribution in [0.3, 0.4) is 0 Å². The first-order valence-corrected chi connectivity index (χ1v) is 5.38. The standard InChI is InChI=1S/C8H15NO2S/c10-8(11)6-9-5-7-3-1-2-4-12-7/h7,9H,1-6H2,(H,10,11). The van der Waals surface area contributed by atoms with Gasteiger partial charge in [-0.3, -0.25) is 4.79 Å². The van der Waals surface area contributed by atoms with E-state index < -0.39 is 5.97 Å². The van der Waals surface area contributed by atoms with E-state index in [1.54, 1.807) is 0 Å². The third-order valence-electron chi connectivity index (χ3n) is 1.92. The second kappa shape index (κ2) is 5.43. The van der Waals surface area contributed by atoms with Gasteiger partial charge in [-0.05, 0) is 18.6 Å². The fourth-order valence-corrected chi connectivity index (χ4v) is 2.58. The number of rotatable bonds is 4. The maximum Gasteiger partial charge on any atom is 0.317 e. The average Bonchev–Trinajstić information content (AvgIpc) is 2.05. The van der Waals surface area contributed by atoms with Gasteiger partial charge in [-0.15, -0.1) is 0 Å². The van der Waals surface area contributed by atoms with E-state index in [9.17, 15) is 4.79 Å². The molecule has 0 radical (unpaired) electrons. The maximum atomic E-state index is 10.2. The minimum absolute atomic E-state index is 0.0943. The predicted molar refractivity (Wildman–Crippen MR) is 50.6 cm³/mol. The summed E-state index contributed by atoms with van der Waals surface area (Å²) in [5.41, 5.74) is 0. The molecule has 2 N–H and O–H groups in total. The monoisotopic (exact) mass is 189 g/mol. The minimum Gasteiger partial charge on any atom is -0.480 e. The molecule has 70 valence electrons. The first-order chi connectivity index (χ1) is 5.79. The lowest BCUT2D eigenvalue weighted by molar-refractivity contribution is -0.135. The van der Waals surface area contributed by atoms with Gasteiger partial charge in [0.05, 0.1) is 6.54 Å². The molecule has 1 aliphatic heterocycles. The SMILES string of the molecule is O=C(O)CNCC1CCCCS1. The molecule has 0 aromatic heterocycles. The number of carbonyl (C=O) groups is 1. The molecule has 1 atom stereocenters. The number of carboxylic acids is 1. The maximum absolute atomic E-state index is 10.2. The smallest absolute Gasteiger partial charge is 0.317 e. The van der Waals surface area contributed by atoms with Gasteiger partial charge in [0, 0.05) is 11.8 Å². The lowest BCUT2D eigenvalue weighted by atomic mass is 10.2. The number of nitrogens with one attached hydrogen (secondary N) is 1. The third kappa shape index (κ3) is 3.97. The Balaban J connectivity index is 2.01. The number of hydrogen-bond donors (Lipinski definition) is 2. The van der Waals surface area contributed by atoms with Crippen molar-refractivity contribution in [3.8, 4) is 0 Å². The van der Waals surface area contributed by atoms with Gasteiger partial charge in [0.15, 0.2) is 0 Å². The molecule has 1 fully saturated rings. The molecule has 0 aliphatic carbocycles. The van der Waals surface area contributed by atoms with Crippen LogP contribution in [0.5, 0.6) is 0 Å². The molecule has 0 aromatic rings. The third-order valence-corrected chi connectivity index (χ3v) is 3.32. The fourth-order valence-electron chi connectivity index (χ4n) is 1.31. The quantitative estimate of drug-likeness (QED) is 0.691. The van der Waals surface area contributed by atoms with E-state index in [-0.39, 0.29) is 6.54 Å². The van der Waals surface area contributed by atoms with Gasteiger partial charge in [-0.1, -0.05) is 6.42 Å². The second-order valence-electron chi connectivity index (χ2n) is 3.01. The summed E-state index contributed by atoms with van der Waals surface area (Å²) >= 11 is 1.96. The zero-order chi connectivity index (χ0) is 8.81. The summed E-state index contributed by atoms with van der Waals surface area (Å²) in [5.74, 6) is 0.468. The zero-order valence-corrected chi connectivity index (χ0v) is 7.90. The topological polar surface area (TPSA) is 49.3 Å². The van der Waals surface area contributed by atoms with Crippen LogP contribution in [0, 0.1) is 0 Å². The Labute approximate surface area is 76.9 Å². The van der Waals surface area contributed by atoms with Crippen LogP contribution in [-0.4, -0.2) is 35.2 Å². The Kier molecular flexibility index (Phi) is 4.46. The van der Waals surface area contributed by atoms with Crippen LogP contribution in [0.1, 0.15) is 19.3 Å². The van der Waals surface area contributed by atoms with Crippen LogP contribution in [0.15, 0.2) is 0 Å². The van der Waals surface area contributed by atoms with Crippen LogP contribution in [0.25, 0.3) is 0 Å². The predicted octanol–water partition coefficient (Wildman–Crippen LogP) is 0.946. The highest BCUT2D eigenvalue weighted by Crippen LogP contribution is 2.23. The molecular weight excluding hydrogens is 174 g/mol. The molecule has 4 heteroatoms. The van der Waals surface area contributed by atoms with Gasteiger partial charge in [-0.25, -0.2) is 0 Å². The van der Waals surface area contributed by atoms with Crippen molar-refractivity contribution in [1.82, 2.24) is 5.32 Å². The fraction of sp³-hybridized carbons (Fsp3) is 0.875. The average molecular weight is 189 g/mol. The van der Waals surface area contributed by atoms with E-state index in [1.807, 2.05) is 11.8 Å². The molecule has 0 bridgehead atoms. The highest BCUT2D eigenvalue weighted by atomic mass is 32.2. The number of thioether (sulfide) groups is 1. The van der Waals surface area contributed by atoms with E-state index in [4.69, 9.17) is 5.11 Å². The van der Waals surface area contributed by atoms with Crippen molar-refractivity contribution < 1.29 is 9.90 Å². The molecule has 0 amide bonds. The molecule has 0 saturated carbocycles. The first-order valence-electron chi connectivity index (χ1n) is 4.33. The van der Waals surface area contributed by atoms with Gasteiger partial charge >= 0.3 is 5.97 Å². The molecule has 0 aromatic carbocycles. The first kappa shape index (κ1) is 9.86. The normalized spacial score (nSPS) is 23.8. The number of carboxylic acid groups (broad SMARTS) is 1. The van der Waals surface area contributed by atoms with Crippen molar-refractivity contribution in [2.75, 3.05) is 18.8 Å². The number of aliphatic carboxylic acids is 1. The van der Waals surface area contributed by atoms with Crippen molar-refractivity contribution >= 4 is 17.7 Å². The summed E-state index contributed by atoms with van der Waals surface area (Å²) in [6, 6.07) is 0. The molecule has 1 rings (SSSR count). The molecule has 1 heterocycles. The van der Waals surface area contributed by atoms with Crippen LogP contribution in [-0.2, 0) is 4.79 Å². The van der Waals surface area contributed by atoms with Gasteiger partial charge in [0.1, 0.15) is 0 Å². The van der Waals surface area contributed by atoms with E-state index >= 15 is 0 Å². The van der Waals surface area contributed by atoms with Crippen molar-refractivity contribution in [3.63, 3.8) is 0 Å². The highest BCUT2D eigenvalue weighted by Gasteiger charge is 2.13. The Morgan fingerprint density at radius 3 is 3.00 bits per heavy atom. The van der Waals surface area contributed by atoms with Crippen molar-refractivity contribution in [1.29, 1.82) is 0 Å². The summed E-state index contributed by atoms with van der Waals surface area (Å²) in [4.78, 5) is 10.2. The summed E-state index contributed by atoms with van der Waals surface area (Å²) in [6.45, 7) is 0.939. The van der Waals surface area contributed by atoms with Gasteiger partial charge in [0.25, 0.3) is 0 Å². The number of hydrogen-bond acceptors (Lipinski definition) is 3. The van der Waals surface area contributed by atoms with Crippen molar-refractivity contribution in [2.45, 2.75) is 24.5 Å². The molecule has 3 nitrogen and oxygen atoms in total. The second-order valence-corrected chi connectivity index (χ2v) is 4.42. The van der Waals surface area contributed by atoms with Crippen LogP contribution >= 0.6 is 11.8 Å². The van der Waals surface area contributed by atoms with Crippen LogP contribution in [0.4, 0.5) is 0 Å². The zero-order valence-electron chi connectivity index (χ0n) is 7.08. The Bertz CT molecular complexity index is 146. The largest absolute Gasteiger partial charge is 0.480 e. The van der Waals surface area contributed by atoms with E-state index in [1.165, 1.54) is 25.0 Å². The van der Waals surface area contributed by atoms with Crippen LogP contribution in [0.2, 0.25) is 0 Å².